The molecule has 1 aromatic heterocycles. The Kier molecular flexibility index (Phi) is 2.89. The Morgan fingerprint density at radius 3 is 2.78 bits per heavy atom. The van der Waals surface area contributed by atoms with Gasteiger partial charge in [0.05, 0.1) is 6.26 Å². The van der Waals surface area contributed by atoms with Gasteiger partial charge in [0.25, 0.3) is 0 Å². The van der Waals surface area contributed by atoms with Crippen LogP contribution in [0.2, 0.25) is 0 Å². The van der Waals surface area contributed by atoms with Crippen LogP contribution in [0.15, 0.2) is 53.1 Å². The highest BCUT2D eigenvalue weighted by Crippen LogP contribution is 2.47. The minimum atomic E-state index is 0.0832. The Morgan fingerprint density at radius 2 is 2.06 bits per heavy atom. The molecule has 3 heteroatoms. The molecule has 1 fully saturated rings. The van der Waals surface area contributed by atoms with Crippen molar-refractivity contribution < 1.29 is 9.21 Å². The maximum Gasteiger partial charge on any atom is 0.224 e. The summed E-state index contributed by atoms with van der Waals surface area (Å²) in [7, 11) is 0. The summed E-state index contributed by atoms with van der Waals surface area (Å²) in [5, 5.41) is 2.97. The number of amides is 1. The highest BCUT2D eigenvalue weighted by atomic mass is 16.3. The van der Waals surface area contributed by atoms with E-state index in [0.717, 1.165) is 17.7 Å². The largest absolute Gasteiger partial charge is 0.469 e. The van der Waals surface area contributed by atoms with Crippen LogP contribution in [0.3, 0.4) is 0 Å². The van der Waals surface area contributed by atoms with Crippen LogP contribution in [0.25, 0.3) is 0 Å². The van der Waals surface area contributed by atoms with Gasteiger partial charge >= 0.3 is 0 Å². The summed E-state index contributed by atoms with van der Waals surface area (Å²) in [5.74, 6) is 1.41. The van der Waals surface area contributed by atoms with Gasteiger partial charge in [0.15, 0.2) is 0 Å². The van der Waals surface area contributed by atoms with E-state index in [0.29, 0.717) is 6.54 Å². The van der Waals surface area contributed by atoms with E-state index in [1.54, 1.807) is 6.26 Å². The number of nitrogens with one attached hydrogen (secondary N) is 1. The van der Waals surface area contributed by atoms with E-state index >= 15 is 0 Å². The van der Waals surface area contributed by atoms with Gasteiger partial charge in [-0.2, -0.15) is 0 Å². The van der Waals surface area contributed by atoms with Crippen LogP contribution in [-0.2, 0) is 11.3 Å². The lowest BCUT2D eigenvalue weighted by molar-refractivity contribution is -0.122. The van der Waals surface area contributed by atoms with E-state index in [-0.39, 0.29) is 17.7 Å². The third kappa shape index (κ3) is 2.30. The van der Waals surface area contributed by atoms with Gasteiger partial charge in [0.2, 0.25) is 5.91 Å². The van der Waals surface area contributed by atoms with Crippen molar-refractivity contribution in [3.63, 3.8) is 0 Å². The number of rotatable bonds is 4. The van der Waals surface area contributed by atoms with Gasteiger partial charge in [-0.05, 0) is 24.1 Å². The number of carbonyl (C=O) groups excluding carboxylic acids is 1. The lowest BCUT2D eigenvalue weighted by Crippen LogP contribution is -2.24. The fourth-order valence-corrected chi connectivity index (χ4v) is 2.22. The standard InChI is InChI=1S/C15H15NO2/c17-15(16-10-11-5-2-1-3-6-11)13-9-12(13)14-7-4-8-18-14/h1-8,12-13H,9-10H2,(H,16,17). The maximum atomic E-state index is 11.9. The van der Waals surface area contributed by atoms with Gasteiger partial charge < -0.3 is 9.73 Å². The predicted octanol–water partition coefficient (Wildman–Crippen LogP) is 2.70. The smallest absolute Gasteiger partial charge is 0.224 e. The molecule has 2 aromatic rings. The van der Waals surface area contributed by atoms with E-state index < -0.39 is 0 Å². The van der Waals surface area contributed by atoms with E-state index in [2.05, 4.69) is 5.32 Å². The van der Waals surface area contributed by atoms with E-state index in [4.69, 9.17) is 4.42 Å². The van der Waals surface area contributed by atoms with Crippen LogP contribution in [0.5, 0.6) is 0 Å². The fraction of sp³-hybridized carbons (Fsp3) is 0.267. The fourth-order valence-electron chi connectivity index (χ4n) is 2.22. The molecule has 1 amide bonds. The van der Waals surface area contributed by atoms with Crippen molar-refractivity contribution in [2.75, 3.05) is 0 Å². The van der Waals surface area contributed by atoms with Gasteiger partial charge in [-0.3, -0.25) is 4.79 Å². The van der Waals surface area contributed by atoms with Gasteiger partial charge in [-0.15, -0.1) is 0 Å². The number of carbonyl (C=O) groups is 1. The summed E-state index contributed by atoms with van der Waals surface area (Å²) < 4.78 is 5.32. The lowest BCUT2D eigenvalue weighted by atomic mass is 10.2. The molecule has 0 saturated heterocycles. The Bertz CT molecular complexity index is 519. The predicted molar refractivity (Wildman–Crippen MR) is 67.8 cm³/mol. The molecule has 3 nitrogen and oxygen atoms in total. The van der Waals surface area contributed by atoms with Crippen LogP contribution in [0.1, 0.15) is 23.7 Å². The Hall–Kier alpha value is -2.03. The lowest BCUT2D eigenvalue weighted by Gasteiger charge is -2.04. The number of benzene rings is 1. The summed E-state index contributed by atoms with van der Waals surface area (Å²) in [5.41, 5.74) is 1.13. The highest BCUT2D eigenvalue weighted by molar-refractivity contribution is 5.82. The van der Waals surface area contributed by atoms with Crippen molar-refractivity contribution >= 4 is 5.91 Å². The quantitative estimate of drug-likeness (QED) is 0.894. The first kappa shape index (κ1) is 11.1. The van der Waals surface area contributed by atoms with Crippen LogP contribution in [-0.4, -0.2) is 5.91 Å². The zero-order chi connectivity index (χ0) is 12.4. The zero-order valence-corrected chi connectivity index (χ0v) is 10.0. The number of hydrogen-bond donors (Lipinski definition) is 1. The maximum absolute atomic E-state index is 11.9. The first-order chi connectivity index (χ1) is 8.84. The van der Waals surface area contributed by atoms with Crippen molar-refractivity contribution in [2.45, 2.75) is 18.9 Å². The molecular weight excluding hydrogens is 226 g/mol. The van der Waals surface area contributed by atoms with Crippen LogP contribution >= 0.6 is 0 Å². The molecule has 0 aliphatic heterocycles. The monoisotopic (exact) mass is 241 g/mol. The molecule has 2 atom stereocenters. The van der Waals surface area contributed by atoms with Crippen molar-refractivity contribution in [3.05, 3.63) is 60.1 Å². The molecule has 1 aliphatic rings. The van der Waals surface area contributed by atoms with Crippen molar-refractivity contribution in [1.82, 2.24) is 5.32 Å². The average molecular weight is 241 g/mol. The number of furan rings is 1. The first-order valence-electron chi connectivity index (χ1n) is 6.19. The summed E-state index contributed by atoms with van der Waals surface area (Å²) in [6, 6.07) is 13.8. The molecule has 1 heterocycles. The summed E-state index contributed by atoms with van der Waals surface area (Å²) in [6.07, 6.45) is 2.56. The third-order valence-electron chi connectivity index (χ3n) is 3.35. The van der Waals surface area contributed by atoms with Gasteiger partial charge in [-0.1, -0.05) is 30.3 Å². The third-order valence-corrected chi connectivity index (χ3v) is 3.35. The van der Waals surface area contributed by atoms with Gasteiger partial charge in [-0.25, -0.2) is 0 Å². The zero-order valence-electron chi connectivity index (χ0n) is 10.0. The van der Waals surface area contributed by atoms with Crippen molar-refractivity contribution in [3.8, 4) is 0 Å². The van der Waals surface area contributed by atoms with Crippen molar-refractivity contribution in [1.29, 1.82) is 0 Å². The van der Waals surface area contributed by atoms with E-state index in [1.807, 2.05) is 42.5 Å². The summed E-state index contributed by atoms with van der Waals surface area (Å²) >= 11 is 0. The van der Waals surface area contributed by atoms with E-state index in [9.17, 15) is 4.79 Å². The normalized spacial score (nSPS) is 21.6. The minimum absolute atomic E-state index is 0.0832. The first-order valence-corrected chi connectivity index (χ1v) is 6.19. The Labute approximate surface area is 106 Å². The number of hydrogen-bond acceptors (Lipinski definition) is 2. The second-order valence-corrected chi connectivity index (χ2v) is 4.67. The molecular formula is C15H15NO2. The SMILES string of the molecule is O=C(NCc1ccccc1)C1CC1c1ccco1. The molecule has 1 aliphatic carbocycles. The van der Waals surface area contributed by atoms with Gasteiger partial charge in [0.1, 0.15) is 5.76 Å². The van der Waals surface area contributed by atoms with Crippen LogP contribution < -0.4 is 5.32 Å². The summed E-state index contributed by atoms with van der Waals surface area (Å²) in [4.78, 5) is 11.9. The van der Waals surface area contributed by atoms with Crippen LogP contribution in [0, 0.1) is 5.92 Å². The topological polar surface area (TPSA) is 42.2 Å². The molecule has 1 saturated carbocycles. The van der Waals surface area contributed by atoms with Gasteiger partial charge in [0, 0.05) is 18.4 Å². The summed E-state index contributed by atoms with van der Waals surface area (Å²) in [6.45, 7) is 0.598. The highest BCUT2D eigenvalue weighted by Gasteiger charge is 2.45. The molecule has 0 radical (unpaired) electrons. The molecule has 92 valence electrons. The molecule has 2 unspecified atom stereocenters. The molecule has 0 spiro atoms. The Morgan fingerprint density at radius 1 is 1.22 bits per heavy atom. The van der Waals surface area contributed by atoms with Crippen molar-refractivity contribution in [2.24, 2.45) is 5.92 Å². The average Bonchev–Trinajstić information content (AvgIpc) is 3.03. The second kappa shape index (κ2) is 4.69. The second-order valence-electron chi connectivity index (χ2n) is 4.67. The molecule has 3 rings (SSSR count). The van der Waals surface area contributed by atoms with E-state index in [1.165, 1.54) is 0 Å². The van der Waals surface area contributed by atoms with Crippen LogP contribution in [0.4, 0.5) is 0 Å². The molecule has 18 heavy (non-hydrogen) atoms. The molecule has 1 aromatic carbocycles. The minimum Gasteiger partial charge on any atom is -0.469 e. The molecule has 0 bridgehead atoms. The molecule has 1 N–H and O–H groups in total. The Balaban J connectivity index is 1.52.